The van der Waals surface area contributed by atoms with E-state index in [-0.39, 0.29) is 17.9 Å². The molecule has 1 atom stereocenters. The number of methoxy groups -OCH3 is 1. The second kappa shape index (κ2) is 9.71. The lowest BCUT2D eigenvalue weighted by molar-refractivity contribution is -0.132. The van der Waals surface area contributed by atoms with Crippen molar-refractivity contribution < 1.29 is 14.3 Å². The number of carbonyl (C=O) groups excluding carboxylic acids is 2. The highest BCUT2D eigenvalue weighted by Gasteiger charge is 2.36. The van der Waals surface area contributed by atoms with Crippen LogP contribution in [0, 0.1) is 0 Å². The third-order valence-electron chi connectivity index (χ3n) is 6.14. The number of ether oxygens (including phenoxy) is 1. The van der Waals surface area contributed by atoms with E-state index < -0.39 is 0 Å². The maximum absolute atomic E-state index is 13.1. The topological polar surface area (TPSA) is 53.1 Å². The second-order valence-corrected chi connectivity index (χ2v) is 8.51. The van der Waals surface area contributed by atoms with E-state index in [1.54, 1.807) is 25.3 Å². The fraction of sp³-hybridized carbons (Fsp3) is 0.417. The molecular formula is C24H28ClN3O3. The third kappa shape index (κ3) is 4.86. The van der Waals surface area contributed by atoms with Crippen molar-refractivity contribution in [2.24, 2.45) is 0 Å². The molecule has 31 heavy (non-hydrogen) atoms. The van der Waals surface area contributed by atoms with Crippen LogP contribution >= 0.6 is 11.6 Å². The van der Waals surface area contributed by atoms with Crippen molar-refractivity contribution in [1.82, 2.24) is 14.7 Å². The van der Waals surface area contributed by atoms with Gasteiger partial charge in [-0.25, -0.2) is 0 Å². The number of hydrogen-bond donors (Lipinski definition) is 0. The summed E-state index contributed by atoms with van der Waals surface area (Å²) in [6, 6.07) is 15.1. The average Bonchev–Trinajstić information content (AvgIpc) is 2.99. The van der Waals surface area contributed by atoms with E-state index in [1.807, 2.05) is 28.0 Å². The zero-order chi connectivity index (χ0) is 21.8. The molecule has 0 bridgehead atoms. The fourth-order valence-corrected chi connectivity index (χ4v) is 4.66. The number of carbonyl (C=O) groups is 2. The van der Waals surface area contributed by atoms with Gasteiger partial charge in [-0.3, -0.25) is 14.5 Å². The quantitative estimate of drug-likeness (QED) is 0.714. The minimum Gasteiger partial charge on any atom is -0.496 e. The van der Waals surface area contributed by atoms with E-state index in [9.17, 15) is 9.59 Å². The zero-order valence-electron chi connectivity index (χ0n) is 17.8. The largest absolute Gasteiger partial charge is 0.496 e. The Labute approximate surface area is 188 Å². The lowest BCUT2D eigenvalue weighted by Crippen LogP contribution is -2.44. The molecule has 0 aliphatic carbocycles. The lowest BCUT2D eigenvalue weighted by Gasteiger charge is -2.27. The van der Waals surface area contributed by atoms with Gasteiger partial charge in [-0.05, 0) is 36.6 Å². The van der Waals surface area contributed by atoms with Crippen molar-refractivity contribution in [1.29, 1.82) is 0 Å². The van der Waals surface area contributed by atoms with Crippen LogP contribution in [0.4, 0.5) is 0 Å². The van der Waals surface area contributed by atoms with Gasteiger partial charge >= 0.3 is 0 Å². The van der Waals surface area contributed by atoms with Crippen molar-refractivity contribution in [2.75, 3.05) is 39.8 Å². The first-order valence-electron chi connectivity index (χ1n) is 10.8. The maximum atomic E-state index is 13.1. The summed E-state index contributed by atoms with van der Waals surface area (Å²) in [5, 5.41) is 0.510. The van der Waals surface area contributed by atoms with Crippen LogP contribution in [0.1, 0.15) is 28.8 Å². The Morgan fingerprint density at radius 2 is 1.87 bits per heavy atom. The minimum absolute atomic E-state index is 0.0790. The van der Waals surface area contributed by atoms with Crippen molar-refractivity contribution in [2.45, 2.75) is 25.4 Å². The first-order valence-corrected chi connectivity index (χ1v) is 11.1. The molecule has 0 saturated carbocycles. The molecule has 6 nitrogen and oxygen atoms in total. The minimum atomic E-state index is -0.0977. The van der Waals surface area contributed by atoms with Gasteiger partial charge in [0.2, 0.25) is 5.91 Å². The summed E-state index contributed by atoms with van der Waals surface area (Å²) < 4.78 is 5.35. The summed E-state index contributed by atoms with van der Waals surface area (Å²) >= 11 is 6.11. The van der Waals surface area contributed by atoms with Crippen molar-refractivity contribution in [3.05, 3.63) is 64.7 Å². The van der Waals surface area contributed by atoms with Crippen LogP contribution in [0.5, 0.6) is 5.75 Å². The number of nitrogens with zero attached hydrogens (tertiary/aromatic N) is 3. The summed E-state index contributed by atoms with van der Waals surface area (Å²) in [7, 11) is 1.55. The normalized spacial score (nSPS) is 20.1. The average molecular weight is 442 g/mol. The molecule has 2 heterocycles. The third-order valence-corrected chi connectivity index (χ3v) is 6.37. The predicted octanol–water partition coefficient (Wildman–Crippen LogP) is 3.30. The number of amides is 2. The van der Waals surface area contributed by atoms with Crippen LogP contribution in [0.3, 0.4) is 0 Å². The first-order chi connectivity index (χ1) is 15.1. The van der Waals surface area contributed by atoms with Gasteiger partial charge in [-0.2, -0.15) is 0 Å². The van der Waals surface area contributed by atoms with Gasteiger partial charge < -0.3 is 14.5 Å². The molecule has 7 heteroatoms. The number of rotatable bonds is 5. The molecular weight excluding hydrogens is 414 g/mol. The van der Waals surface area contributed by atoms with Crippen molar-refractivity contribution in [3.63, 3.8) is 0 Å². The molecule has 4 rings (SSSR count). The summed E-state index contributed by atoms with van der Waals surface area (Å²) in [5.74, 6) is 0.642. The van der Waals surface area contributed by atoms with Gasteiger partial charge in [0.05, 0.1) is 18.7 Å². The number of hydrogen-bond acceptors (Lipinski definition) is 4. The van der Waals surface area contributed by atoms with Crippen molar-refractivity contribution in [3.8, 4) is 5.75 Å². The molecule has 2 aromatic carbocycles. The van der Waals surface area contributed by atoms with Crippen LogP contribution in [-0.4, -0.2) is 72.4 Å². The van der Waals surface area contributed by atoms with Gasteiger partial charge in [0, 0.05) is 44.3 Å². The molecule has 164 valence electrons. The maximum Gasteiger partial charge on any atom is 0.257 e. The van der Waals surface area contributed by atoms with Crippen LogP contribution in [-0.2, 0) is 11.3 Å². The number of halogens is 1. The molecule has 0 radical (unpaired) electrons. The SMILES string of the molecule is COc1ccc(Cl)cc1C(=O)N1CCCN(C2CCN(Cc3ccccc3)C2=O)CC1. The second-order valence-electron chi connectivity index (χ2n) is 8.08. The molecule has 2 saturated heterocycles. The Hall–Kier alpha value is -2.57. The smallest absolute Gasteiger partial charge is 0.257 e. The van der Waals surface area contributed by atoms with Gasteiger partial charge in [0.1, 0.15) is 5.75 Å². The summed E-state index contributed by atoms with van der Waals surface area (Å²) in [6.07, 6.45) is 1.67. The van der Waals surface area contributed by atoms with E-state index in [2.05, 4.69) is 17.0 Å². The highest BCUT2D eigenvalue weighted by atomic mass is 35.5. The van der Waals surface area contributed by atoms with Gasteiger partial charge in [0.15, 0.2) is 0 Å². The summed E-state index contributed by atoms with van der Waals surface area (Å²) in [4.78, 5) is 32.2. The number of benzene rings is 2. The molecule has 2 amide bonds. The van der Waals surface area contributed by atoms with E-state index >= 15 is 0 Å². The molecule has 2 aromatic rings. The summed E-state index contributed by atoms with van der Waals surface area (Å²) in [6.45, 7) is 4.16. The lowest BCUT2D eigenvalue weighted by atomic mass is 10.1. The number of likely N-dealkylation sites (tertiary alicyclic amines) is 1. The van der Waals surface area contributed by atoms with Crippen LogP contribution in [0.2, 0.25) is 5.02 Å². The Balaban J connectivity index is 1.39. The Kier molecular flexibility index (Phi) is 6.78. The first kappa shape index (κ1) is 21.7. The monoisotopic (exact) mass is 441 g/mol. The van der Waals surface area contributed by atoms with E-state index in [4.69, 9.17) is 16.3 Å². The van der Waals surface area contributed by atoms with Gasteiger partial charge in [-0.1, -0.05) is 41.9 Å². The molecule has 0 spiro atoms. The highest BCUT2D eigenvalue weighted by molar-refractivity contribution is 6.31. The van der Waals surface area contributed by atoms with E-state index in [0.717, 1.165) is 31.5 Å². The van der Waals surface area contributed by atoms with Gasteiger partial charge in [-0.15, -0.1) is 0 Å². The fourth-order valence-electron chi connectivity index (χ4n) is 4.49. The van der Waals surface area contributed by atoms with E-state index in [1.165, 1.54) is 0 Å². The molecule has 0 aromatic heterocycles. The zero-order valence-corrected chi connectivity index (χ0v) is 18.6. The molecule has 2 aliphatic heterocycles. The molecule has 2 aliphatic rings. The Morgan fingerprint density at radius 3 is 2.65 bits per heavy atom. The van der Waals surface area contributed by atoms with Crippen LogP contribution in [0.25, 0.3) is 0 Å². The van der Waals surface area contributed by atoms with E-state index in [0.29, 0.717) is 42.5 Å². The standard InChI is InChI=1S/C24H28ClN3O3/c1-31-22-9-8-19(25)16-20(22)23(29)27-12-5-11-26(14-15-27)21-10-13-28(24(21)30)17-18-6-3-2-4-7-18/h2-4,6-9,16,21H,5,10-15,17H2,1H3. The predicted molar refractivity (Wildman–Crippen MR) is 120 cm³/mol. The highest BCUT2D eigenvalue weighted by Crippen LogP contribution is 2.26. The molecule has 0 N–H and O–H groups in total. The molecule has 2 fully saturated rings. The Morgan fingerprint density at radius 1 is 1.06 bits per heavy atom. The molecule has 1 unspecified atom stereocenters. The summed E-state index contributed by atoms with van der Waals surface area (Å²) in [5.41, 5.74) is 1.63. The van der Waals surface area contributed by atoms with Crippen LogP contribution in [0.15, 0.2) is 48.5 Å². The van der Waals surface area contributed by atoms with Gasteiger partial charge in [0.25, 0.3) is 5.91 Å². The Bertz CT molecular complexity index is 937. The van der Waals surface area contributed by atoms with Crippen molar-refractivity contribution >= 4 is 23.4 Å². The van der Waals surface area contributed by atoms with Crippen LogP contribution < -0.4 is 4.74 Å².